The summed E-state index contributed by atoms with van der Waals surface area (Å²) < 4.78 is 64.3. The van der Waals surface area contributed by atoms with E-state index in [9.17, 15) is 21.6 Å². The van der Waals surface area contributed by atoms with Crippen LogP contribution < -0.4 is 0 Å². The molecule has 1 aromatic carbocycles. The zero-order valence-corrected chi connectivity index (χ0v) is 13.1. The van der Waals surface area contributed by atoms with Crippen LogP contribution in [0.3, 0.4) is 0 Å². The molecule has 2 rings (SSSR count). The number of sulfonamides is 1. The van der Waals surface area contributed by atoms with Crippen molar-refractivity contribution in [3.05, 3.63) is 28.8 Å². The van der Waals surface area contributed by atoms with E-state index >= 15 is 0 Å². The maximum absolute atomic E-state index is 12.7. The average Bonchev–Trinajstić information content (AvgIpc) is 3.20. The first-order valence-electron chi connectivity index (χ1n) is 6.40. The van der Waals surface area contributed by atoms with E-state index < -0.39 is 26.7 Å². The molecule has 0 spiro atoms. The van der Waals surface area contributed by atoms with E-state index in [0.717, 1.165) is 29.3 Å². The first-order valence-corrected chi connectivity index (χ1v) is 8.21. The minimum absolute atomic E-state index is 0.210. The lowest BCUT2D eigenvalue weighted by molar-refractivity contribution is -0.137. The van der Waals surface area contributed by atoms with Crippen molar-refractivity contribution in [2.24, 2.45) is 5.92 Å². The number of halogens is 4. The molecule has 0 N–H and O–H groups in total. The SMILES string of the molecule is CC(C1CC1)N(C)S(=O)(=O)c1cc(C(F)(F)F)ccc1Cl. The Morgan fingerprint density at radius 2 is 1.90 bits per heavy atom. The second kappa shape index (κ2) is 5.44. The molecular formula is C13H15ClF3NO2S. The molecule has 1 aliphatic carbocycles. The largest absolute Gasteiger partial charge is 0.416 e. The van der Waals surface area contributed by atoms with E-state index in [4.69, 9.17) is 11.6 Å². The van der Waals surface area contributed by atoms with Crippen molar-refractivity contribution in [3.8, 4) is 0 Å². The van der Waals surface area contributed by atoms with Gasteiger partial charge >= 0.3 is 6.18 Å². The highest BCUT2D eigenvalue weighted by Crippen LogP contribution is 2.38. The van der Waals surface area contributed by atoms with Gasteiger partial charge in [0.05, 0.1) is 10.6 Å². The van der Waals surface area contributed by atoms with E-state index in [1.165, 1.54) is 7.05 Å². The number of nitrogens with zero attached hydrogens (tertiary/aromatic N) is 1. The monoisotopic (exact) mass is 341 g/mol. The Kier molecular flexibility index (Phi) is 4.30. The Hall–Kier alpha value is -0.790. The summed E-state index contributed by atoms with van der Waals surface area (Å²) in [5, 5.41) is -0.210. The number of rotatable bonds is 4. The van der Waals surface area contributed by atoms with Crippen LogP contribution in [-0.4, -0.2) is 25.8 Å². The van der Waals surface area contributed by atoms with Crippen LogP contribution in [0.25, 0.3) is 0 Å². The first kappa shape index (κ1) is 16.6. The van der Waals surface area contributed by atoms with Crippen LogP contribution in [0.15, 0.2) is 23.1 Å². The lowest BCUT2D eigenvalue weighted by atomic mass is 10.2. The zero-order chi connectivity index (χ0) is 16.0. The van der Waals surface area contributed by atoms with Gasteiger partial charge in [-0.15, -0.1) is 0 Å². The number of hydrogen-bond acceptors (Lipinski definition) is 2. The topological polar surface area (TPSA) is 37.4 Å². The molecule has 118 valence electrons. The highest BCUT2D eigenvalue weighted by atomic mass is 35.5. The predicted octanol–water partition coefficient (Wildman–Crippen LogP) is 3.78. The van der Waals surface area contributed by atoms with Crippen molar-refractivity contribution in [2.45, 2.75) is 36.9 Å². The summed E-state index contributed by atoms with van der Waals surface area (Å²) in [6, 6.07) is 2.06. The first-order chi connectivity index (χ1) is 9.55. The maximum atomic E-state index is 12.7. The third kappa shape index (κ3) is 3.35. The van der Waals surface area contributed by atoms with Crippen molar-refractivity contribution in [2.75, 3.05) is 7.05 Å². The predicted molar refractivity (Wildman–Crippen MR) is 73.6 cm³/mol. The normalized spacial score (nSPS) is 18.0. The van der Waals surface area contributed by atoms with Gasteiger partial charge in [0.2, 0.25) is 10.0 Å². The molecule has 1 aliphatic rings. The molecule has 0 radical (unpaired) electrons. The molecular weight excluding hydrogens is 327 g/mol. The molecule has 8 heteroatoms. The molecule has 0 heterocycles. The summed E-state index contributed by atoms with van der Waals surface area (Å²) in [7, 11) is -2.69. The average molecular weight is 342 g/mol. The molecule has 1 aromatic rings. The van der Waals surface area contributed by atoms with Gasteiger partial charge < -0.3 is 0 Å². The molecule has 1 atom stereocenters. The van der Waals surface area contributed by atoms with E-state index in [1.54, 1.807) is 6.92 Å². The van der Waals surface area contributed by atoms with Gasteiger partial charge in [0, 0.05) is 13.1 Å². The molecule has 3 nitrogen and oxygen atoms in total. The highest BCUT2D eigenvalue weighted by Gasteiger charge is 2.38. The van der Waals surface area contributed by atoms with Crippen LogP contribution in [0.4, 0.5) is 13.2 Å². The summed E-state index contributed by atoms with van der Waals surface area (Å²) in [6.07, 6.45) is -2.76. The van der Waals surface area contributed by atoms with Crippen LogP contribution in [0.5, 0.6) is 0 Å². The second-order valence-corrected chi connectivity index (χ2v) is 7.62. The van der Waals surface area contributed by atoms with Gasteiger partial charge in [0.1, 0.15) is 4.90 Å². The third-order valence-electron chi connectivity index (χ3n) is 3.79. The molecule has 0 amide bonds. The van der Waals surface area contributed by atoms with Crippen LogP contribution >= 0.6 is 11.6 Å². The summed E-state index contributed by atoms with van der Waals surface area (Å²) in [5.74, 6) is 0.259. The molecule has 1 unspecified atom stereocenters. The van der Waals surface area contributed by atoms with Crippen molar-refractivity contribution in [1.82, 2.24) is 4.31 Å². The minimum Gasteiger partial charge on any atom is -0.207 e. The molecule has 1 saturated carbocycles. The summed E-state index contributed by atoms with van der Waals surface area (Å²) >= 11 is 5.80. The van der Waals surface area contributed by atoms with E-state index in [-0.39, 0.29) is 17.0 Å². The standard InChI is InChI=1S/C13H15ClF3NO2S/c1-8(9-3-4-9)18(2)21(19,20)12-7-10(13(15,16)17)5-6-11(12)14/h5-9H,3-4H2,1-2H3. The lowest BCUT2D eigenvalue weighted by Crippen LogP contribution is -2.36. The smallest absolute Gasteiger partial charge is 0.207 e. The van der Waals surface area contributed by atoms with Gasteiger partial charge in [-0.25, -0.2) is 8.42 Å². The molecule has 0 saturated heterocycles. The van der Waals surface area contributed by atoms with Gasteiger partial charge in [-0.2, -0.15) is 17.5 Å². The van der Waals surface area contributed by atoms with Gasteiger partial charge in [-0.05, 0) is 43.9 Å². The molecule has 0 aliphatic heterocycles. The molecule has 21 heavy (non-hydrogen) atoms. The summed E-state index contributed by atoms with van der Waals surface area (Å²) in [5.41, 5.74) is -1.03. The lowest BCUT2D eigenvalue weighted by Gasteiger charge is -2.25. The Morgan fingerprint density at radius 3 is 2.38 bits per heavy atom. The van der Waals surface area contributed by atoms with Crippen LogP contribution in [0.2, 0.25) is 5.02 Å². The summed E-state index contributed by atoms with van der Waals surface area (Å²) in [6.45, 7) is 1.75. The fourth-order valence-corrected chi connectivity index (χ4v) is 4.05. The fourth-order valence-electron chi connectivity index (χ4n) is 2.13. The Labute approximate surface area is 126 Å². The quantitative estimate of drug-likeness (QED) is 0.835. The van der Waals surface area contributed by atoms with E-state index in [1.807, 2.05) is 0 Å². The second-order valence-electron chi connectivity index (χ2n) is 5.24. The van der Waals surface area contributed by atoms with Crippen LogP contribution in [0.1, 0.15) is 25.3 Å². The zero-order valence-electron chi connectivity index (χ0n) is 11.5. The molecule has 0 aromatic heterocycles. The maximum Gasteiger partial charge on any atom is 0.416 e. The van der Waals surface area contributed by atoms with Crippen molar-refractivity contribution in [1.29, 1.82) is 0 Å². The number of hydrogen-bond donors (Lipinski definition) is 0. The minimum atomic E-state index is -4.62. The third-order valence-corrected chi connectivity index (χ3v) is 6.22. The van der Waals surface area contributed by atoms with Crippen molar-refractivity contribution >= 4 is 21.6 Å². The van der Waals surface area contributed by atoms with Crippen molar-refractivity contribution < 1.29 is 21.6 Å². The van der Waals surface area contributed by atoms with Crippen molar-refractivity contribution in [3.63, 3.8) is 0 Å². The Morgan fingerprint density at radius 1 is 1.33 bits per heavy atom. The van der Waals surface area contributed by atoms with Gasteiger partial charge in [0.15, 0.2) is 0 Å². The Bertz CT molecular complexity index is 641. The van der Waals surface area contributed by atoms with Gasteiger partial charge in [0.25, 0.3) is 0 Å². The molecule has 0 bridgehead atoms. The van der Waals surface area contributed by atoms with Gasteiger partial charge in [-0.1, -0.05) is 11.6 Å². The van der Waals surface area contributed by atoms with Crippen LogP contribution in [0, 0.1) is 5.92 Å². The fraction of sp³-hybridized carbons (Fsp3) is 0.538. The number of alkyl halides is 3. The van der Waals surface area contributed by atoms with E-state index in [0.29, 0.717) is 6.07 Å². The Balaban J connectivity index is 2.43. The highest BCUT2D eigenvalue weighted by molar-refractivity contribution is 7.89. The molecule has 1 fully saturated rings. The van der Waals surface area contributed by atoms with Crippen LogP contribution in [-0.2, 0) is 16.2 Å². The number of benzene rings is 1. The van der Waals surface area contributed by atoms with E-state index in [2.05, 4.69) is 0 Å². The summed E-state index contributed by atoms with van der Waals surface area (Å²) in [4.78, 5) is -0.506. The van der Waals surface area contributed by atoms with Gasteiger partial charge in [-0.3, -0.25) is 0 Å².